The maximum atomic E-state index is 11.4. The number of nitriles is 1. The van der Waals surface area contributed by atoms with Crippen molar-refractivity contribution in [2.45, 2.75) is 26.8 Å². The molecular weight excluding hydrogens is 222 g/mol. The highest BCUT2D eigenvalue weighted by Gasteiger charge is 2.25. The number of carbonyl (C=O) groups excluding carboxylic acids is 1. The van der Waals surface area contributed by atoms with Gasteiger partial charge in [0.1, 0.15) is 17.7 Å². The van der Waals surface area contributed by atoms with E-state index in [-0.39, 0.29) is 5.95 Å². The molecule has 0 aliphatic carbocycles. The van der Waals surface area contributed by atoms with Crippen LogP contribution in [0.15, 0.2) is 0 Å². The Labute approximate surface area is 99.1 Å². The lowest BCUT2D eigenvalue weighted by Crippen LogP contribution is -2.37. The second-order valence-corrected chi connectivity index (χ2v) is 3.40. The van der Waals surface area contributed by atoms with Gasteiger partial charge in [0.2, 0.25) is 5.95 Å². The van der Waals surface area contributed by atoms with Crippen LogP contribution >= 0.6 is 0 Å². The SMILES string of the molecule is COC(=O)[C@H](C)N(C#N)c1nc(C)nc(C)n1. The van der Waals surface area contributed by atoms with E-state index in [0.717, 1.165) is 4.90 Å². The van der Waals surface area contributed by atoms with Gasteiger partial charge in [-0.1, -0.05) is 0 Å². The minimum Gasteiger partial charge on any atom is -0.467 e. The predicted molar refractivity (Wildman–Crippen MR) is 58.9 cm³/mol. The second-order valence-electron chi connectivity index (χ2n) is 3.40. The highest BCUT2D eigenvalue weighted by molar-refractivity contribution is 5.79. The number of nitrogens with zero attached hydrogens (tertiary/aromatic N) is 5. The molecule has 0 saturated heterocycles. The number of esters is 1. The largest absolute Gasteiger partial charge is 0.467 e. The van der Waals surface area contributed by atoms with Crippen molar-refractivity contribution in [3.05, 3.63) is 11.6 Å². The Balaban J connectivity index is 3.10. The molecule has 1 rings (SSSR count). The lowest BCUT2D eigenvalue weighted by molar-refractivity contribution is -0.141. The van der Waals surface area contributed by atoms with E-state index < -0.39 is 12.0 Å². The van der Waals surface area contributed by atoms with Crippen molar-refractivity contribution >= 4 is 11.9 Å². The molecular formula is C10H13N5O2. The molecule has 7 heteroatoms. The first-order chi connectivity index (χ1) is 7.99. The molecule has 0 saturated carbocycles. The first-order valence-electron chi connectivity index (χ1n) is 4.95. The van der Waals surface area contributed by atoms with E-state index in [1.165, 1.54) is 7.11 Å². The van der Waals surface area contributed by atoms with Crippen LogP contribution in [-0.4, -0.2) is 34.1 Å². The van der Waals surface area contributed by atoms with Crippen molar-refractivity contribution in [3.8, 4) is 6.19 Å². The second kappa shape index (κ2) is 5.21. The summed E-state index contributed by atoms with van der Waals surface area (Å²) in [5.41, 5.74) is 0. The number of anilines is 1. The van der Waals surface area contributed by atoms with Crippen LogP contribution in [0.3, 0.4) is 0 Å². The summed E-state index contributed by atoms with van der Waals surface area (Å²) < 4.78 is 4.57. The molecule has 0 aromatic carbocycles. The van der Waals surface area contributed by atoms with Crippen molar-refractivity contribution < 1.29 is 9.53 Å². The third-order valence-corrected chi connectivity index (χ3v) is 2.10. The number of aryl methyl sites for hydroxylation is 2. The van der Waals surface area contributed by atoms with Gasteiger partial charge in [0.25, 0.3) is 0 Å². The first-order valence-corrected chi connectivity index (χ1v) is 4.95. The van der Waals surface area contributed by atoms with E-state index in [1.807, 2.05) is 6.19 Å². The Bertz CT molecular complexity index is 448. The summed E-state index contributed by atoms with van der Waals surface area (Å²) in [4.78, 5) is 24.5. The predicted octanol–water partition coefficient (Wildman–Crippen LogP) is 0.337. The summed E-state index contributed by atoms with van der Waals surface area (Å²) in [7, 11) is 1.26. The average molecular weight is 235 g/mol. The minimum absolute atomic E-state index is 0.149. The number of hydrogen-bond acceptors (Lipinski definition) is 7. The Morgan fingerprint density at radius 1 is 1.35 bits per heavy atom. The number of carbonyl (C=O) groups is 1. The van der Waals surface area contributed by atoms with E-state index in [4.69, 9.17) is 5.26 Å². The van der Waals surface area contributed by atoms with Crippen LogP contribution in [0.25, 0.3) is 0 Å². The Morgan fingerprint density at radius 2 is 1.88 bits per heavy atom. The zero-order valence-corrected chi connectivity index (χ0v) is 10.1. The lowest BCUT2D eigenvalue weighted by Gasteiger charge is -2.19. The molecule has 0 unspecified atom stereocenters. The molecule has 0 bridgehead atoms. The Kier molecular flexibility index (Phi) is 3.93. The zero-order valence-electron chi connectivity index (χ0n) is 10.1. The van der Waals surface area contributed by atoms with Crippen LogP contribution in [0.5, 0.6) is 0 Å². The molecule has 1 atom stereocenters. The summed E-state index contributed by atoms with van der Waals surface area (Å²) >= 11 is 0. The van der Waals surface area contributed by atoms with Gasteiger partial charge < -0.3 is 4.74 Å². The molecule has 0 radical (unpaired) electrons. The first kappa shape index (κ1) is 12.8. The fourth-order valence-electron chi connectivity index (χ4n) is 1.29. The van der Waals surface area contributed by atoms with Crippen LogP contribution in [0.4, 0.5) is 5.95 Å². The van der Waals surface area contributed by atoms with E-state index in [9.17, 15) is 4.79 Å². The van der Waals surface area contributed by atoms with Crippen molar-refractivity contribution in [1.29, 1.82) is 5.26 Å². The fourth-order valence-corrected chi connectivity index (χ4v) is 1.29. The minimum atomic E-state index is -0.772. The molecule has 0 N–H and O–H groups in total. The molecule has 0 aliphatic heterocycles. The lowest BCUT2D eigenvalue weighted by atomic mass is 10.3. The van der Waals surface area contributed by atoms with E-state index >= 15 is 0 Å². The molecule has 0 fully saturated rings. The number of rotatable bonds is 3. The molecule has 90 valence electrons. The van der Waals surface area contributed by atoms with E-state index in [1.54, 1.807) is 20.8 Å². The Hall–Kier alpha value is -2.23. The highest BCUT2D eigenvalue weighted by Crippen LogP contribution is 2.11. The molecule has 0 aliphatic rings. The molecule has 1 aromatic heterocycles. The van der Waals surface area contributed by atoms with Crippen LogP contribution in [0.1, 0.15) is 18.6 Å². The van der Waals surface area contributed by atoms with Gasteiger partial charge in [0.05, 0.1) is 7.11 Å². The number of methoxy groups -OCH3 is 1. The molecule has 7 nitrogen and oxygen atoms in total. The van der Waals surface area contributed by atoms with Crippen molar-refractivity contribution in [2.75, 3.05) is 12.0 Å². The summed E-state index contributed by atoms with van der Waals surface area (Å²) in [5.74, 6) is 0.604. The zero-order chi connectivity index (χ0) is 13.0. The fraction of sp³-hybridized carbons (Fsp3) is 0.500. The molecule has 0 spiro atoms. The van der Waals surface area contributed by atoms with Crippen LogP contribution < -0.4 is 4.90 Å². The standard InChI is InChI=1S/C10H13N5O2/c1-6(9(16)17-4)15(5-11)10-13-7(2)12-8(3)14-10/h6H,1-4H3/t6-/m0/s1. The van der Waals surface area contributed by atoms with Gasteiger partial charge >= 0.3 is 5.97 Å². The summed E-state index contributed by atoms with van der Waals surface area (Å²) in [6.07, 6.45) is 1.87. The molecule has 1 aromatic rings. The maximum absolute atomic E-state index is 11.4. The Morgan fingerprint density at radius 3 is 2.29 bits per heavy atom. The summed E-state index contributed by atoms with van der Waals surface area (Å²) in [5, 5.41) is 9.04. The van der Waals surface area contributed by atoms with Crippen molar-refractivity contribution in [2.24, 2.45) is 0 Å². The third kappa shape index (κ3) is 2.87. The van der Waals surface area contributed by atoms with E-state index in [2.05, 4.69) is 19.7 Å². The molecule has 17 heavy (non-hydrogen) atoms. The smallest absolute Gasteiger partial charge is 0.329 e. The van der Waals surface area contributed by atoms with Crippen molar-refractivity contribution in [1.82, 2.24) is 15.0 Å². The van der Waals surface area contributed by atoms with Crippen LogP contribution in [-0.2, 0) is 9.53 Å². The van der Waals surface area contributed by atoms with Gasteiger partial charge in [-0.15, -0.1) is 0 Å². The summed E-state index contributed by atoms with van der Waals surface area (Å²) in [6, 6.07) is -0.772. The van der Waals surface area contributed by atoms with E-state index in [0.29, 0.717) is 11.6 Å². The monoisotopic (exact) mass is 235 g/mol. The molecule has 1 heterocycles. The quantitative estimate of drug-likeness (QED) is 0.423. The van der Waals surface area contributed by atoms with Crippen LogP contribution in [0.2, 0.25) is 0 Å². The van der Waals surface area contributed by atoms with Gasteiger partial charge in [-0.2, -0.15) is 15.2 Å². The van der Waals surface area contributed by atoms with Crippen molar-refractivity contribution in [3.63, 3.8) is 0 Å². The summed E-state index contributed by atoms with van der Waals surface area (Å²) in [6.45, 7) is 4.93. The van der Waals surface area contributed by atoms with Gasteiger partial charge in [-0.25, -0.2) is 14.7 Å². The average Bonchev–Trinajstić information content (AvgIpc) is 2.27. The molecule has 0 amide bonds. The van der Waals surface area contributed by atoms with Gasteiger partial charge in [-0.3, -0.25) is 0 Å². The number of hydrogen-bond donors (Lipinski definition) is 0. The van der Waals surface area contributed by atoms with Gasteiger partial charge in [0, 0.05) is 0 Å². The van der Waals surface area contributed by atoms with Crippen LogP contribution in [0, 0.1) is 25.3 Å². The maximum Gasteiger partial charge on any atom is 0.329 e. The normalized spacial score (nSPS) is 11.5. The number of aromatic nitrogens is 3. The third-order valence-electron chi connectivity index (χ3n) is 2.10. The topological polar surface area (TPSA) is 92.0 Å². The van der Waals surface area contributed by atoms with Gasteiger partial charge in [-0.05, 0) is 20.8 Å². The number of ether oxygens (including phenoxy) is 1. The highest BCUT2D eigenvalue weighted by atomic mass is 16.5. The van der Waals surface area contributed by atoms with Gasteiger partial charge in [0.15, 0.2) is 6.19 Å².